The van der Waals surface area contributed by atoms with Gasteiger partial charge >= 0.3 is 6.03 Å². The Bertz CT molecular complexity index is 1400. The monoisotopic (exact) mass is 531 g/mol. The lowest BCUT2D eigenvalue weighted by atomic mass is 10.0. The first-order chi connectivity index (χ1) is 17.1. The van der Waals surface area contributed by atoms with Crippen LogP contribution in [-0.2, 0) is 14.8 Å². The topological polar surface area (TPSA) is 134 Å². The Hall–Kier alpha value is -3.51. The average Bonchev–Trinajstić information content (AvgIpc) is 2.85. The van der Waals surface area contributed by atoms with Crippen molar-refractivity contribution in [2.75, 3.05) is 30.3 Å². The molecule has 0 saturated carbocycles. The number of nitrogens with zero attached hydrogens (tertiary/aromatic N) is 1. The second-order valence-electron chi connectivity index (χ2n) is 8.08. The average molecular weight is 532 g/mol. The Labute approximate surface area is 212 Å². The number of piperazine rings is 1. The predicted octanol–water partition coefficient (Wildman–Crippen LogP) is 3.24. The lowest BCUT2D eigenvalue weighted by Gasteiger charge is -2.35. The molecule has 1 heterocycles. The largest absolute Gasteiger partial charge is 0.324 e. The maximum absolute atomic E-state index is 15.0. The molecule has 12 heteroatoms. The van der Waals surface area contributed by atoms with Gasteiger partial charge < -0.3 is 20.9 Å². The Kier molecular flexibility index (Phi) is 7.55. The summed E-state index contributed by atoms with van der Waals surface area (Å²) in [5, 5.41) is 14.2. The summed E-state index contributed by atoms with van der Waals surface area (Å²) in [4.78, 5) is 27.1. The van der Waals surface area contributed by atoms with Crippen LogP contribution in [0.2, 0.25) is 5.02 Å². The second kappa shape index (κ2) is 10.6. The van der Waals surface area contributed by atoms with Gasteiger partial charge in [-0.2, -0.15) is 0 Å². The summed E-state index contributed by atoms with van der Waals surface area (Å²) in [6, 6.07) is 15.0. The number of nitrogens with one attached hydrogen (secondary N) is 3. The minimum absolute atomic E-state index is 0.0147. The van der Waals surface area contributed by atoms with E-state index in [0.717, 1.165) is 6.07 Å². The van der Waals surface area contributed by atoms with Crippen LogP contribution in [-0.4, -0.2) is 50.9 Å². The summed E-state index contributed by atoms with van der Waals surface area (Å²) < 4.78 is 38.8. The van der Waals surface area contributed by atoms with E-state index in [1.807, 2.05) is 0 Å². The third-order valence-corrected chi connectivity index (χ3v) is 6.84. The number of benzene rings is 3. The fourth-order valence-electron chi connectivity index (χ4n) is 3.88. The molecule has 1 aliphatic heterocycles. The van der Waals surface area contributed by atoms with Crippen molar-refractivity contribution in [2.45, 2.75) is 10.9 Å². The predicted molar refractivity (Wildman–Crippen MR) is 136 cm³/mol. The van der Waals surface area contributed by atoms with Crippen LogP contribution >= 0.6 is 11.6 Å². The zero-order valence-corrected chi connectivity index (χ0v) is 20.4. The molecule has 3 amide bonds. The number of halogens is 2. The molecule has 0 aliphatic carbocycles. The van der Waals surface area contributed by atoms with Gasteiger partial charge in [-0.15, -0.1) is 0 Å². The number of rotatable bonds is 5. The van der Waals surface area contributed by atoms with Gasteiger partial charge in [-0.05, 0) is 48.5 Å². The number of anilines is 2. The molecule has 5 N–H and O–H groups in total. The highest BCUT2D eigenvalue weighted by Gasteiger charge is 2.32. The number of carbonyl (C=O) groups excluding carboxylic acids is 2. The molecule has 36 heavy (non-hydrogen) atoms. The van der Waals surface area contributed by atoms with Crippen molar-refractivity contribution in [3.8, 4) is 11.1 Å². The molecule has 9 nitrogen and oxygen atoms in total. The van der Waals surface area contributed by atoms with Gasteiger partial charge in [0.25, 0.3) is 0 Å². The Balaban J connectivity index is 1.51. The fraction of sp³-hybridized carbons (Fsp3) is 0.167. The van der Waals surface area contributed by atoms with Gasteiger partial charge in [0, 0.05) is 47.2 Å². The van der Waals surface area contributed by atoms with E-state index in [9.17, 15) is 22.4 Å². The molecule has 4 rings (SSSR count). The third kappa shape index (κ3) is 5.82. The van der Waals surface area contributed by atoms with Gasteiger partial charge in [0.2, 0.25) is 15.9 Å². The SMILES string of the molecule is NS(=O)(=O)c1ccccc1-c1ccc(NC(=O)C2CNCCN2C(=O)Nc2ccc(Cl)cc2)cc1F. The smallest absolute Gasteiger partial charge is 0.322 e. The quantitative estimate of drug-likeness (QED) is 0.401. The first kappa shape index (κ1) is 25.6. The van der Waals surface area contributed by atoms with E-state index in [2.05, 4.69) is 16.0 Å². The number of hydrogen-bond acceptors (Lipinski definition) is 5. The first-order valence-electron chi connectivity index (χ1n) is 10.9. The molecule has 1 aliphatic rings. The number of hydrogen-bond donors (Lipinski definition) is 4. The fourth-order valence-corrected chi connectivity index (χ4v) is 4.76. The summed E-state index contributed by atoms with van der Waals surface area (Å²) in [5.74, 6) is -1.26. The van der Waals surface area contributed by atoms with Crippen LogP contribution in [0.15, 0.2) is 71.6 Å². The maximum Gasteiger partial charge on any atom is 0.322 e. The molecule has 3 aromatic rings. The van der Waals surface area contributed by atoms with Gasteiger partial charge in [-0.1, -0.05) is 29.8 Å². The second-order valence-corrected chi connectivity index (χ2v) is 10.0. The van der Waals surface area contributed by atoms with Crippen molar-refractivity contribution in [1.82, 2.24) is 10.2 Å². The van der Waals surface area contributed by atoms with Crippen molar-refractivity contribution < 1.29 is 22.4 Å². The highest BCUT2D eigenvalue weighted by molar-refractivity contribution is 7.89. The number of primary sulfonamides is 1. The molecule has 1 fully saturated rings. The van der Waals surface area contributed by atoms with E-state index in [4.69, 9.17) is 16.7 Å². The van der Waals surface area contributed by atoms with Crippen LogP contribution in [0, 0.1) is 5.82 Å². The van der Waals surface area contributed by atoms with Crippen LogP contribution in [0.4, 0.5) is 20.6 Å². The zero-order chi connectivity index (χ0) is 25.9. The third-order valence-electron chi connectivity index (χ3n) is 5.62. The van der Waals surface area contributed by atoms with Gasteiger partial charge in [-0.25, -0.2) is 22.7 Å². The van der Waals surface area contributed by atoms with Crippen LogP contribution in [0.25, 0.3) is 11.1 Å². The van der Waals surface area contributed by atoms with Gasteiger partial charge in [-0.3, -0.25) is 4.79 Å². The zero-order valence-electron chi connectivity index (χ0n) is 18.9. The van der Waals surface area contributed by atoms with Gasteiger partial charge in [0.1, 0.15) is 11.9 Å². The lowest BCUT2D eigenvalue weighted by Crippen LogP contribution is -2.59. The van der Waals surface area contributed by atoms with E-state index < -0.39 is 33.8 Å². The number of nitrogens with two attached hydrogens (primary N) is 1. The minimum Gasteiger partial charge on any atom is -0.324 e. The summed E-state index contributed by atoms with van der Waals surface area (Å²) in [6.45, 7) is 1.00. The highest BCUT2D eigenvalue weighted by atomic mass is 35.5. The molecule has 1 atom stereocenters. The molecule has 188 valence electrons. The molecular weight excluding hydrogens is 509 g/mol. The number of sulfonamides is 1. The minimum atomic E-state index is -4.07. The summed E-state index contributed by atoms with van der Waals surface area (Å²) in [6.07, 6.45) is 0. The van der Waals surface area contributed by atoms with E-state index >= 15 is 0 Å². The number of urea groups is 1. The van der Waals surface area contributed by atoms with Crippen LogP contribution in [0.3, 0.4) is 0 Å². The Morgan fingerprint density at radius 3 is 2.39 bits per heavy atom. The van der Waals surface area contributed by atoms with Gasteiger partial charge in [0.05, 0.1) is 4.90 Å². The van der Waals surface area contributed by atoms with Crippen molar-refractivity contribution >= 4 is 44.9 Å². The summed E-state index contributed by atoms with van der Waals surface area (Å²) in [5.41, 5.74) is 0.801. The number of carbonyl (C=O) groups is 2. The van der Waals surface area contributed by atoms with Crippen molar-refractivity contribution in [3.63, 3.8) is 0 Å². The van der Waals surface area contributed by atoms with Crippen LogP contribution in [0.1, 0.15) is 0 Å². The van der Waals surface area contributed by atoms with Crippen molar-refractivity contribution in [1.29, 1.82) is 0 Å². The lowest BCUT2D eigenvalue weighted by molar-refractivity contribution is -0.120. The molecule has 0 radical (unpaired) electrons. The van der Waals surface area contributed by atoms with Crippen molar-refractivity contribution in [2.24, 2.45) is 5.14 Å². The normalized spacial score (nSPS) is 15.9. The molecule has 1 saturated heterocycles. The van der Waals surface area contributed by atoms with Crippen LogP contribution in [0.5, 0.6) is 0 Å². The summed E-state index contributed by atoms with van der Waals surface area (Å²) >= 11 is 5.88. The van der Waals surface area contributed by atoms with E-state index in [1.54, 1.807) is 30.3 Å². The highest BCUT2D eigenvalue weighted by Crippen LogP contribution is 2.30. The molecule has 0 bridgehead atoms. The van der Waals surface area contributed by atoms with E-state index in [-0.39, 0.29) is 34.8 Å². The molecule has 0 spiro atoms. The van der Waals surface area contributed by atoms with Crippen LogP contribution < -0.4 is 21.1 Å². The molecule has 0 aromatic heterocycles. The maximum atomic E-state index is 15.0. The Morgan fingerprint density at radius 1 is 1.00 bits per heavy atom. The van der Waals surface area contributed by atoms with Crippen molar-refractivity contribution in [3.05, 3.63) is 77.6 Å². The van der Waals surface area contributed by atoms with E-state index in [0.29, 0.717) is 17.3 Å². The van der Waals surface area contributed by atoms with E-state index in [1.165, 1.54) is 35.2 Å². The first-order valence-corrected chi connectivity index (χ1v) is 12.8. The molecule has 1 unspecified atom stereocenters. The van der Waals surface area contributed by atoms with Gasteiger partial charge in [0.15, 0.2) is 0 Å². The standard InChI is InChI=1S/C24H23ClFN5O4S/c25-15-5-7-16(8-6-15)30-24(33)31-12-11-28-14-21(31)23(32)29-17-9-10-18(20(26)13-17)19-3-1-2-4-22(19)36(27,34)35/h1-10,13,21,28H,11-12,14H2,(H,29,32)(H,30,33)(H2,27,34,35). The summed E-state index contributed by atoms with van der Waals surface area (Å²) in [7, 11) is -4.07. The molecular formula is C24H23ClFN5O4S. The Morgan fingerprint density at radius 2 is 1.69 bits per heavy atom. The number of amides is 3. The molecule has 3 aromatic carbocycles.